The minimum absolute atomic E-state index is 0.132. The van der Waals surface area contributed by atoms with Crippen LogP contribution in [0.15, 0.2) is 41.8 Å². The van der Waals surface area contributed by atoms with Gasteiger partial charge in [-0.2, -0.15) is 0 Å². The number of thiophene rings is 1. The van der Waals surface area contributed by atoms with Crippen molar-refractivity contribution in [3.8, 4) is 5.75 Å². The van der Waals surface area contributed by atoms with E-state index in [2.05, 4.69) is 44.8 Å². The molecule has 0 spiro atoms. The number of nitrogens with one attached hydrogen (secondary N) is 1. The van der Waals surface area contributed by atoms with Crippen molar-refractivity contribution in [2.24, 2.45) is 0 Å². The largest absolute Gasteiger partial charge is 0.493 e. The zero-order valence-corrected chi connectivity index (χ0v) is 18.2. The van der Waals surface area contributed by atoms with Gasteiger partial charge in [0.2, 0.25) is 5.91 Å². The van der Waals surface area contributed by atoms with Crippen LogP contribution >= 0.6 is 11.3 Å². The number of piperazine rings is 1. The minimum atomic E-state index is -0.419. The highest BCUT2D eigenvalue weighted by Crippen LogP contribution is 2.32. The summed E-state index contributed by atoms with van der Waals surface area (Å²) in [5.74, 6) is -0.00874. The molecule has 0 radical (unpaired) electrons. The number of anilines is 2. The molecular weight excluding hydrogens is 413 g/mol. The Balaban J connectivity index is 1.09. The van der Waals surface area contributed by atoms with Crippen molar-refractivity contribution in [3.05, 3.63) is 53.2 Å². The highest BCUT2D eigenvalue weighted by molar-refractivity contribution is 7.17. The topological polar surface area (TPSA) is 44.8 Å². The number of rotatable bonds is 6. The summed E-state index contributed by atoms with van der Waals surface area (Å²) in [6.07, 6.45) is 1.84. The van der Waals surface area contributed by atoms with Crippen LogP contribution < -0.4 is 15.0 Å². The summed E-state index contributed by atoms with van der Waals surface area (Å²) in [6, 6.07) is 12.0. The van der Waals surface area contributed by atoms with Crippen molar-refractivity contribution >= 4 is 38.7 Å². The lowest BCUT2D eigenvalue weighted by Crippen LogP contribution is -2.46. The summed E-state index contributed by atoms with van der Waals surface area (Å²) in [5.41, 5.74) is 2.46. The fourth-order valence-electron chi connectivity index (χ4n) is 4.45. The first-order valence-electron chi connectivity index (χ1n) is 10.9. The fraction of sp³-hybridized carbons (Fsp3) is 0.375. The molecule has 1 amide bonds. The van der Waals surface area contributed by atoms with E-state index in [0.717, 1.165) is 44.7 Å². The Bertz CT molecular complexity index is 1090. The second kappa shape index (κ2) is 8.85. The average molecular weight is 440 g/mol. The maximum atomic E-state index is 14.3. The van der Waals surface area contributed by atoms with Crippen molar-refractivity contribution < 1.29 is 13.9 Å². The Labute approximate surface area is 185 Å². The molecule has 0 unspecified atom stereocenters. The lowest BCUT2D eigenvalue weighted by molar-refractivity contribution is -0.116. The van der Waals surface area contributed by atoms with E-state index in [1.807, 2.05) is 6.07 Å². The third-order valence-corrected chi connectivity index (χ3v) is 6.99. The third-order valence-electron chi connectivity index (χ3n) is 6.10. The molecule has 162 valence electrons. The maximum absolute atomic E-state index is 14.3. The molecule has 3 aromatic rings. The van der Waals surface area contributed by atoms with Crippen LogP contribution in [0.3, 0.4) is 0 Å². The molecule has 2 aliphatic heterocycles. The van der Waals surface area contributed by atoms with Crippen LogP contribution in [0, 0.1) is 5.82 Å². The van der Waals surface area contributed by atoms with E-state index >= 15 is 0 Å². The smallest absolute Gasteiger partial charge is 0.224 e. The first-order valence-corrected chi connectivity index (χ1v) is 11.7. The number of nitrogens with zero attached hydrogens (tertiary/aromatic N) is 2. The highest BCUT2D eigenvalue weighted by atomic mass is 32.1. The highest BCUT2D eigenvalue weighted by Gasteiger charge is 2.20. The van der Waals surface area contributed by atoms with E-state index in [0.29, 0.717) is 30.9 Å². The number of aryl methyl sites for hydroxylation is 1. The number of benzene rings is 2. The van der Waals surface area contributed by atoms with E-state index in [1.54, 1.807) is 11.3 Å². The van der Waals surface area contributed by atoms with E-state index in [4.69, 9.17) is 4.74 Å². The minimum Gasteiger partial charge on any atom is -0.493 e. The van der Waals surface area contributed by atoms with E-state index in [-0.39, 0.29) is 5.91 Å². The molecule has 1 saturated heterocycles. The predicted octanol–water partition coefficient (Wildman–Crippen LogP) is 4.52. The summed E-state index contributed by atoms with van der Waals surface area (Å²) < 4.78 is 21.4. The lowest BCUT2D eigenvalue weighted by atomic mass is 10.0. The maximum Gasteiger partial charge on any atom is 0.224 e. The molecule has 1 fully saturated rings. The predicted molar refractivity (Wildman–Crippen MR) is 124 cm³/mol. The monoisotopic (exact) mass is 439 g/mol. The first kappa shape index (κ1) is 20.3. The summed E-state index contributed by atoms with van der Waals surface area (Å²) in [5, 5.41) is 6.12. The summed E-state index contributed by atoms with van der Waals surface area (Å²) in [7, 11) is 0. The summed E-state index contributed by atoms with van der Waals surface area (Å²) >= 11 is 1.79. The number of carbonyl (C=O) groups is 1. The summed E-state index contributed by atoms with van der Waals surface area (Å²) in [6.45, 7) is 5.65. The second-order valence-corrected chi connectivity index (χ2v) is 9.08. The van der Waals surface area contributed by atoms with Crippen molar-refractivity contribution in [2.75, 3.05) is 49.5 Å². The fourth-order valence-corrected chi connectivity index (χ4v) is 5.26. The van der Waals surface area contributed by atoms with E-state index in [9.17, 15) is 9.18 Å². The molecule has 2 aromatic carbocycles. The van der Waals surface area contributed by atoms with Gasteiger partial charge in [0.05, 0.1) is 12.3 Å². The molecule has 1 N–H and O–H groups in total. The lowest BCUT2D eigenvalue weighted by Gasteiger charge is -2.36. The van der Waals surface area contributed by atoms with Gasteiger partial charge in [0.25, 0.3) is 0 Å². The van der Waals surface area contributed by atoms with Crippen LogP contribution in [0.4, 0.5) is 15.8 Å². The van der Waals surface area contributed by atoms with Gasteiger partial charge >= 0.3 is 0 Å². The molecule has 5 rings (SSSR count). The Hall–Kier alpha value is -2.64. The number of ether oxygens (including phenoxy) is 1. The van der Waals surface area contributed by atoms with Crippen LogP contribution in [-0.2, 0) is 11.2 Å². The third kappa shape index (κ3) is 4.38. The molecule has 0 bridgehead atoms. The van der Waals surface area contributed by atoms with Crippen molar-refractivity contribution in [1.29, 1.82) is 0 Å². The zero-order valence-electron chi connectivity index (χ0n) is 17.4. The number of halogens is 1. The van der Waals surface area contributed by atoms with Crippen LogP contribution in [-0.4, -0.2) is 50.1 Å². The van der Waals surface area contributed by atoms with Crippen molar-refractivity contribution in [2.45, 2.75) is 19.3 Å². The SMILES string of the molecule is O=C1CCc2cc(OCCCN3CCN(c4cccc5sccc45)CC3)cc(F)c2N1. The quantitative estimate of drug-likeness (QED) is 0.574. The van der Waals surface area contributed by atoms with Gasteiger partial charge in [-0.3, -0.25) is 9.69 Å². The van der Waals surface area contributed by atoms with Crippen LogP contribution in [0.1, 0.15) is 18.4 Å². The number of hydrogen-bond acceptors (Lipinski definition) is 5. The number of amides is 1. The van der Waals surface area contributed by atoms with Gasteiger partial charge in [-0.05, 0) is 48.1 Å². The molecule has 0 atom stereocenters. The Morgan fingerprint density at radius 2 is 1.97 bits per heavy atom. The number of hydrogen-bond donors (Lipinski definition) is 1. The molecule has 1 aromatic heterocycles. The molecular formula is C24H26FN3O2S. The van der Waals surface area contributed by atoms with Gasteiger partial charge in [-0.25, -0.2) is 4.39 Å². The first-order chi connectivity index (χ1) is 15.2. The number of carbonyl (C=O) groups excluding carboxylic acids is 1. The van der Waals surface area contributed by atoms with Gasteiger partial charge in [-0.1, -0.05) is 6.07 Å². The molecule has 0 saturated carbocycles. The van der Waals surface area contributed by atoms with E-state index in [1.165, 1.54) is 21.8 Å². The van der Waals surface area contributed by atoms with Crippen LogP contribution in [0.25, 0.3) is 10.1 Å². The molecule has 5 nitrogen and oxygen atoms in total. The normalized spacial score (nSPS) is 16.9. The van der Waals surface area contributed by atoms with Crippen LogP contribution in [0.5, 0.6) is 5.75 Å². The Morgan fingerprint density at radius 1 is 1.10 bits per heavy atom. The van der Waals surface area contributed by atoms with Gasteiger partial charge < -0.3 is 15.0 Å². The van der Waals surface area contributed by atoms with Gasteiger partial charge in [0, 0.05) is 61.0 Å². The van der Waals surface area contributed by atoms with Gasteiger partial charge in [-0.15, -0.1) is 11.3 Å². The van der Waals surface area contributed by atoms with Gasteiger partial charge in [0.1, 0.15) is 5.75 Å². The molecule has 2 aliphatic rings. The Kier molecular flexibility index (Phi) is 5.78. The van der Waals surface area contributed by atoms with Gasteiger partial charge in [0.15, 0.2) is 5.82 Å². The van der Waals surface area contributed by atoms with Crippen LogP contribution in [0.2, 0.25) is 0 Å². The Morgan fingerprint density at radius 3 is 2.84 bits per heavy atom. The van der Waals surface area contributed by atoms with Crippen molar-refractivity contribution in [1.82, 2.24) is 4.90 Å². The average Bonchev–Trinajstić information content (AvgIpc) is 3.27. The molecule has 7 heteroatoms. The van der Waals surface area contributed by atoms with Crippen molar-refractivity contribution in [3.63, 3.8) is 0 Å². The summed E-state index contributed by atoms with van der Waals surface area (Å²) in [4.78, 5) is 16.4. The molecule has 3 heterocycles. The second-order valence-electron chi connectivity index (χ2n) is 8.13. The number of fused-ring (bicyclic) bond motifs is 2. The standard InChI is InChI=1S/C24H26FN3O2S/c25-20-16-18(15-17-5-6-23(29)26-24(17)20)30-13-2-8-27-9-11-28(12-10-27)21-3-1-4-22-19(21)7-14-31-22/h1,3-4,7,14-16H,2,5-6,8-13H2,(H,26,29). The zero-order chi connectivity index (χ0) is 21.2. The molecule has 0 aliphatic carbocycles. The van der Waals surface area contributed by atoms with E-state index < -0.39 is 5.82 Å². The molecule has 31 heavy (non-hydrogen) atoms.